The number of rotatable bonds is 8. The normalized spacial score (nSPS) is 10.7. The van der Waals surface area contributed by atoms with E-state index in [0.29, 0.717) is 51.5 Å². The smallest absolute Gasteiger partial charge is 0.324 e. The Bertz CT molecular complexity index is 1590. The molecule has 5 rings (SSSR count). The second-order valence-electron chi connectivity index (χ2n) is 8.46. The van der Waals surface area contributed by atoms with Gasteiger partial charge in [0.25, 0.3) is 0 Å². The highest BCUT2D eigenvalue weighted by Gasteiger charge is 2.18. The van der Waals surface area contributed by atoms with E-state index in [2.05, 4.69) is 20.9 Å². The third-order valence-corrected chi connectivity index (χ3v) is 6.32. The Kier molecular flexibility index (Phi) is 8.07. The maximum atomic E-state index is 12.9. The van der Waals surface area contributed by atoms with Crippen molar-refractivity contribution < 1.29 is 9.53 Å². The van der Waals surface area contributed by atoms with E-state index in [1.807, 2.05) is 60.7 Å². The van der Waals surface area contributed by atoms with E-state index in [0.717, 1.165) is 16.8 Å². The Morgan fingerprint density at radius 1 is 0.821 bits per heavy atom. The van der Waals surface area contributed by atoms with Crippen molar-refractivity contribution in [2.45, 2.75) is 0 Å². The number of benzene rings is 3. The fourth-order valence-electron chi connectivity index (χ4n) is 3.91. The molecule has 3 aromatic carbocycles. The quantitative estimate of drug-likeness (QED) is 0.158. The fraction of sp³-hybridized carbons (Fsp3) is 0.0690. The second kappa shape index (κ2) is 12.0. The summed E-state index contributed by atoms with van der Waals surface area (Å²) in [5, 5.41) is 10.5. The van der Waals surface area contributed by atoms with Crippen molar-refractivity contribution in [3.05, 3.63) is 101 Å². The number of pyridine rings is 2. The molecular formula is C29H24Cl2N6O2. The molecular weight excluding hydrogens is 535 g/mol. The number of hydrogen-bond donors (Lipinski definition) is 4. The molecule has 2 amide bonds. The number of fused-ring (bicyclic) bond motifs is 1. The van der Waals surface area contributed by atoms with Crippen molar-refractivity contribution in [2.75, 3.05) is 29.1 Å². The number of nitrogens with zero attached hydrogens (tertiary/aromatic N) is 2. The van der Waals surface area contributed by atoms with Gasteiger partial charge in [-0.15, -0.1) is 0 Å². The van der Waals surface area contributed by atoms with E-state index in [-0.39, 0.29) is 5.82 Å². The van der Waals surface area contributed by atoms with Gasteiger partial charge in [0.1, 0.15) is 24.0 Å². The van der Waals surface area contributed by atoms with Crippen LogP contribution in [-0.2, 0) is 0 Å². The molecule has 0 bridgehead atoms. The third kappa shape index (κ3) is 6.38. The van der Waals surface area contributed by atoms with Gasteiger partial charge >= 0.3 is 6.03 Å². The molecule has 0 fully saturated rings. The van der Waals surface area contributed by atoms with Crippen molar-refractivity contribution in [1.29, 1.82) is 0 Å². The number of para-hydroxylation sites is 1. The van der Waals surface area contributed by atoms with Gasteiger partial charge in [-0.1, -0.05) is 47.5 Å². The molecule has 0 atom stereocenters. The number of carbonyl (C=O) groups excluding carboxylic acids is 1. The molecule has 39 heavy (non-hydrogen) atoms. The van der Waals surface area contributed by atoms with Crippen molar-refractivity contribution >= 4 is 63.3 Å². The molecule has 0 saturated carbocycles. The largest absolute Gasteiger partial charge is 0.492 e. The number of anilines is 4. The van der Waals surface area contributed by atoms with Gasteiger partial charge in [0, 0.05) is 34.4 Å². The van der Waals surface area contributed by atoms with Gasteiger partial charge in [-0.3, -0.25) is 5.32 Å². The number of nitrogens with one attached hydrogen (secondary N) is 3. The lowest BCUT2D eigenvalue weighted by Gasteiger charge is -2.15. The van der Waals surface area contributed by atoms with Gasteiger partial charge in [0.15, 0.2) is 5.65 Å². The highest BCUT2D eigenvalue weighted by molar-refractivity contribution is 6.39. The number of urea groups is 1. The van der Waals surface area contributed by atoms with Crippen LogP contribution < -0.4 is 26.4 Å². The van der Waals surface area contributed by atoms with E-state index in [1.54, 1.807) is 30.3 Å². The van der Waals surface area contributed by atoms with Crippen LogP contribution in [0.4, 0.5) is 27.8 Å². The van der Waals surface area contributed by atoms with Gasteiger partial charge < -0.3 is 21.1 Å². The minimum atomic E-state index is -0.469. The van der Waals surface area contributed by atoms with Gasteiger partial charge in [0.05, 0.1) is 10.0 Å². The topological polar surface area (TPSA) is 114 Å². The highest BCUT2D eigenvalue weighted by atomic mass is 35.5. The first-order valence-corrected chi connectivity index (χ1v) is 12.8. The summed E-state index contributed by atoms with van der Waals surface area (Å²) >= 11 is 13.1. The molecule has 0 aliphatic heterocycles. The molecule has 2 aromatic heterocycles. The van der Waals surface area contributed by atoms with Crippen LogP contribution >= 0.6 is 23.2 Å². The third-order valence-electron chi connectivity index (χ3n) is 5.69. The van der Waals surface area contributed by atoms with Crippen molar-refractivity contribution in [2.24, 2.45) is 5.73 Å². The maximum Gasteiger partial charge on any atom is 0.324 e. The van der Waals surface area contributed by atoms with Crippen molar-refractivity contribution in [3.8, 4) is 16.9 Å². The van der Waals surface area contributed by atoms with E-state index in [1.165, 1.54) is 0 Å². The summed E-state index contributed by atoms with van der Waals surface area (Å²) in [6.45, 7) is 0.898. The van der Waals surface area contributed by atoms with E-state index in [9.17, 15) is 4.79 Å². The maximum absolute atomic E-state index is 12.9. The molecule has 196 valence electrons. The lowest BCUT2D eigenvalue weighted by molar-refractivity contribution is 0.262. The van der Waals surface area contributed by atoms with Crippen LogP contribution in [0.5, 0.6) is 5.75 Å². The molecule has 5 aromatic rings. The van der Waals surface area contributed by atoms with Crippen molar-refractivity contribution in [1.82, 2.24) is 9.97 Å². The average Bonchev–Trinajstić information content (AvgIpc) is 2.93. The average molecular weight is 559 g/mol. The molecule has 0 aliphatic carbocycles. The summed E-state index contributed by atoms with van der Waals surface area (Å²) in [5.41, 5.74) is 8.50. The van der Waals surface area contributed by atoms with Crippen LogP contribution in [0.3, 0.4) is 0 Å². The van der Waals surface area contributed by atoms with Crippen LogP contribution in [0.1, 0.15) is 0 Å². The zero-order valence-corrected chi connectivity index (χ0v) is 22.1. The Hall–Kier alpha value is -4.37. The molecule has 0 aliphatic rings. The molecule has 0 saturated heterocycles. The lowest BCUT2D eigenvalue weighted by Crippen LogP contribution is -2.20. The summed E-state index contributed by atoms with van der Waals surface area (Å²) in [4.78, 5) is 22.3. The Labute approximate surface area is 235 Å². The first-order chi connectivity index (χ1) is 19.0. The SMILES string of the molecule is NCCOc1ccc(Nc2ccc3cc(-c4c(Cl)cccc4Cl)c(NC(=O)Nc4ccccc4)nc3n2)cc1. The monoisotopic (exact) mass is 558 g/mol. The summed E-state index contributed by atoms with van der Waals surface area (Å²) in [6.07, 6.45) is 0. The summed E-state index contributed by atoms with van der Waals surface area (Å²) in [7, 11) is 0. The molecule has 2 heterocycles. The van der Waals surface area contributed by atoms with Crippen LogP contribution in [0.15, 0.2) is 91.0 Å². The zero-order valence-electron chi connectivity index (χ0n) is 20.6. The highest BCUT2D eigenvalue weighted by Crippen LogP contribution is 2.39. The number of hydrogen-bond acceptors (Lipinski definition) is 6. The molecule has 0 unspecified atom stereocenters. The first kappa shape index (κ1) is 26.2. The van der Waals surface area contributed by atoms with E-state index < -0.39 is 6.03 Å². The molecule has 10 heteroatoms. The predicted molar refractivity (Wildman–Crippen MR) is 158 cm³/mol. The van der Waals surface area contributed by atoms with Crippen molar-refractivity contribution in [3.63, 3.8) is 0 Å². The number of aromatic nitrogens is 2. The Morgan fingerprint density at radius 3 is 2.28 bits per heavy atom. The van der Waals surface area contributed by atoms with Gasteiger partial charge in [0.2, 0.25) is 0 Å². The zero-order chi connectivity index (χ0) is 27.2. The fourth-order valence-corrected chi connectivity index (χ4v) is 4.51. The summed E-state index contributed by atoms with van der Waals surface area (Å²) in [6, 6.07) is 26.9. The van der Waals surface area contributed by atoms with Gasteiger partial charge in [-0.2, -0.15) is 0 Å². The summed E-state index contributed by atoms with van der Waals surface area (Å²) < 4.78 is 5.53. The number of amides is 2. The van der Waals surface area contributed by atoms with E-state index >= 15 is 0 Å². The molecule has 8 nitrogen and oxygen atoms in total. The first-order valence-electron chi connectivity index (χ1n) is 12.1. The Morgan fingerprint density at radius 2 is 1.56 bits per heavy atom. The number of nitrogens with two attached hydrogens (primary N) is 1. The van der Waals surface area contributed by atoms with Gasteiger partial charge in [-0.05, 0) is 66.7 Å². The molecule has 0 radical (unpaired) electrons. The standard InChI is InChI=1S/C29H24Cl2N6O2/c30-23-7-4-8-24(31)26(23)22-17-18-9-14-25(33-20-10-12-21(13-11-20)39-16-15-32)35-27(18)36-28(22)37-29(38)34-19-5-2-1-3-6-19/h1-14,17H,15-16,32H2,(H3,33,34,35,36,37,38). The number of ether oxygens (including phenoxy) is 1. The minimum Gasteiger partial charge on any atom is -0.492 e. The van der Waals surface area contributed by atoms with Crippen LogP contribution in [0.25, 0.3) is 22.2 Å². The number of halogens is 2. The predicted octanol–water partition coefficient (Wildman–Crippen LogP) is 7.33. The molecule has 0 spiro atoms. The lowest BCUT2D eigenvalue weighted by atomic mass is 10.0. The van der Waals surface area contributed by atoms with Crippen LogP contribution in [0, 0.1) is 0 Å². The second-order valence-corrected chi connectivity index (χ2v) is 9.27. The van der Waals surface area contributed by atoms with E-state index in [4.69, 9.17) is 38.7 Å². The molecule has 5 N–H and O–H groups in total. The number of carbonyl (C=O) groups is 1. The van der Waals surface area contributed by atoms with Gasteiger partial charge in [-0.25, -0.2) is 14.8 Å². The van der Waals surface area contributed by atoms with Crippen LogP contribution in [-0.4, -0.2) is 29.2 Å². The minimum absolute atomic E-state index is 0.261. The summed E-state index contributed by atoms with van der Waals surface area (Å²) in [5.74, 6) is 1.57. The Balaban J connectivity index is 1.49. The van der Waals surface area contributed by atoms with Crippen LogP contribution in [0.2, 0.25) is 10.0 Å².